The zero-order chi connectivity index (χ0) is 17.4. The topological polar surface area (TPSA) is 66.8 Å². The van der Waals surface area contributed by atoms with Crippen LogP contribution < -0.4 is 0 Å². The number of benzene rings is 2. The van der Waals surface area contributed by atoms with Gasteiger partial charge in [0.25, 0.3) is 0 Å². The van der Waals surface area contributed by atoms with E-state index in [9.17, 15) is 9.59 Å². The van der Waals surface area contributed by atoms with Crippen LogP contribution in [0, 0.1) is 5.92 Å². The predicted octanol–water partition coefficient (Wildman–Crippen LogP) is 2.65. The summed E-state index contributed by atoms with van der Waals surface area (Å²) in [5.41, 5.74) is 1.24. The van der Waals surface area contributed by atoms with Gasteiger partial charge in [0.05, 0.1) is 19.1 Å². The molecule has 3 atom stereocenters. The molecule has 3 unspecified atom stereocenters. The van der Waals surface area contributed by atoms with Crippen molar-refractivity contribution in [2.75, 3.05) is 19.7 Å². The molecule has 2 aromatic carbocycles. The molecule has 2 fully saturated rings. The number of carboxylic acids is 1. The van der Waals surface area contributed by atoms with E-state index in [4.69, 9.17) is 9.84 Å². The maximum atomic E-state index is 12.8. The van der Waals surface area contributed by atoms with Crippen molar-refractivity contribution in [3.8, 4) is 0 Å². The fourth-order valence-corrected chi connectivity index (χ4v) is 3.86. The highest BCUT2D eigenvalue weighted by Crippen LogP contribution is 2.50. The third-order valence-corrected chi connectivity index (χ3v) is 5.18. The molecule has 1 N–H and O–H groups in total. The normalized spacial score (nSPS) is 25.8. The van der Waals surface area contributed by atoms with E-state index in [0.29, 0.717) is 19.7 Å². The molecule has 1 aliphatic carbocycles. The summed E-state index contributed by atoms with van der Waals surface area (Å²) in [5.74, 6) is -0.482. The lowest BCUT2D eigenvalue weighted by atomic mass is 10.00. The van der Waals surface area contributed by atoms with Crippen molar-refractivity contribution < 1.29 is 19.4 Å². The number of aliphatic carboxylic acids is 1. The van der Waals surface area contributed by atoms with E-state index in [1.54, 1.807) is 4.90 Å². The van der Waals surface area contributed by atoms with Crippen molar-refractivity contribution in [1.82, 2.24) is 4.90 Å². The number of carboxylic acid groups (broad SMARTS) is 1. The van der Waals surface area contributed by atoms with Gasteiger partial charge in [-0.2, -0.15) is 0 Å². The standard InChI is InChI=1S/C20H21NO4/c22-19(23)10-14-12-21(8-9-25-14)20(24)18-11-17(18)16-7-3-5-13-4-1-2-6-15(13)16/h1-7,14,17-18H,8-12H2,(H,22,23). The van der Waals surface area contributed by atoms with Crippen LogP contribution in [-0.4, -0.2) is 47.7 Å². The molecule has 0 radical (unpaired) electrons. The zero-order valence-corrected chi connectivity index (χ0v) is 13.9. The molecule has 5 heteroatoms. The Morgan fingerprint density at radius 2 is 1.96 bits per heavy atom. The number of rotatable bonds is 4. The van der Waals surface area contributed by atoms with Gasteiger partial charge in [0.2, 0.25) is 5.91 Å². The molecule has 1 amide bonds. The van der Waals surface area contributed by atoms with E-state index in [0.717, 1.165) is 6.42 Å². The van der Waals surface area contributed by atoms with Crippen LogP contribution in [-0.2, 0) is 14.3 Å². The van der Waals surface area contributed by atoms with E-state index < -0.39 is 12.1 Å². The Morgan fingerprint density at radius 3 is 2.80 bits per heavy atom. The smallest absolute Gasteiger partial charge is 0.306 e. The number of ether oxygens (including phenoxy) is 1. The molecular formula is C20H21NO4. The minimum Gasteiger partial charge on any atom is -0.481 e. The SMILES string of the molecule is O=C(O)CC1CN(C(=O)C2CC2c2cccc3ccccc23)CCO1. The first kappa shape index (κ1) is 16.1. The molecule has 1 heterocycles. The van der Waals surface area contributed by atoms with Crippen LogP contribution in [0.5, 0.6) is 0 Å². The Hall–Kier alpha value is -2.40. The van der Waals surface area contributed by atoms with E-state index in [1.165, 1.54) is 16.3 Å². The largest absolute Gasteiger partial charge is 0.481 e. The second-order valence-corrected chi connectivity index (χ2v) is 6.89. The summed E-state index contributed by atoms with van der Waals surface area (Å²) >= 11 is 0. The van der Waals surface area contributed by atoms with Gasteiger partial charge in [0, 0.05) is 19.0 Å². The highest BCUT2D eigenvalue weighted by atomic mass is 16.5. The van der Waals surface area contributed by atoms with Gasteiger partial charge in [-0.1, -0.05) is 42.5 Å². The van der Waals surface area contributed by atoms with Crippen LogP contribution in [0.2, 0.25) is 0 Å². The van der Waals surface area contributed by atoms with E-state index in [1.807, 2.05) is 12.1 Å². The van der Waals surface area contributed by atoms with Gasteiger partial charge in [-0.15, -0.1) is 0 Å². The first-order valence-electron chi connectivity index (χ1n) is 8.73. The lowest BCUT2D eigenvalue weighted by Crippen LogP contribution is -2.47. The molecule has 0 aromatic heterocycles. The molecule has 2 aliphatic rings. The number of hydrogen-bond acceptors (Lipinski definition) is 3. The van der Waals surface area contributed by atoms with Crippen LogP contribution >= 0.6 is 0 Å². The summed E-state index contributed by atoms with van der Waals surface area (Å²) in [6, 6.07) is 14.5. The van der Waals surface area contributed by atoms with Gasteiger partial charge in [0.15, 0.2) is 0 Å². The van der Waals surface area contributed by atoms with Gasteiger partial charge in [-0.25, -0.2) is 0 Å². The molecule has 4 rings (SSSR count). The van der Waals surface area contributed by atoms with E-state index >= 15 is 0 Å². The summed E-state index contributed by atoms with van der Waals surface area (Å²) < 4.78 is 5.46. The molecule has 1 aliphatic heterocycles. The van der Waals surface area contributed by atoms with Gasteiger partial charge in [0.1, 0.15) is 0 Å². The summed E-state index contributed by atoms with van der Waals surface area (Å²) in [5, 5.41) is 11.3. The van der Waals surface area contributed by atoms with Crippen molar-refractivity contribution in [2.45, 2.75) is 24.9 Å². The average molecular weight is 339 g/mol. The molecule has 130 valence electrons. The molecule has 0 spiro atoms. The number of hydrogen-bond donors (Lipinski definition) is 1. The lowest BCUT2D eigenvalue weighted by Gasteiger charge is -2.32. The summed E-state index contributed by atoms with van der Waals surface area (Å²) in [7, 11) is 0. The molecule has 25 heavy (non-hydrogen) atoms. The van der Waals surface area contributed by atoms with Gasteiger partial charge in [-0.05, 0) is 28.7 Å². The molecular weight excluding hydrogens is 318 g/mol. The number of morpholine rings is 1. The Balaban J connectivity index is 1.47. The Morgan fingerprint density at radius 1 is 1.16 bits per heavy atom. The number of carbonyl (C=O) groups excluding carboxylic acids is 1. The number of nitrogens with zero attached hydrogens (tertiary/aromatic N) is 1. The fraction of sp³-hybridized carbons (Fsp3) is 0.400. The van der Waals surface area contributed by atoms with Gasteiger partial charge >= 0.3 is 5.97 Å². The van der Waals surface area contributed by atoms with Crippen LogP contribution in [0.15, 0.2) is 42.5 Å². The minimum atomic E-state index is -0.889. The van der Waals surface area contributed by atoms with Crippen LogP contribution in [0.4, 0.5) is 0 Å². The second kappa shape index (κ2) is 6.48. The van der Waals surface area contributed by atoms with Crippen LogP contribution in [0.1, 0.15) is 24.3 Å². The van der Waals surface area contributed by atoms with E-state index in [-0.39, 0.29) is 24.2 Å². The van der Waals surface area contributed by atoms with Crippen molar-refractivity contribution in [1.29, 1.82) is 0 Å². The number of amides is 1. The van der Waals surface area contributed by atoms with Crippen LogP contribution in [0.3, 0.4) is 0 Å². The summed E-state index contributed by atoms with van der Waals surface area (Å²) in [6.45, 7) is 1.34. The van der Waals surface area contributed by atoms with Crippen molar-refractivity contribution in [3.63, 3.8) is 0 Å². The molecule has 2 aromatic rings. The van der Waals surface area contributed by atoms with Crippen molar-refractivity contribution in [2.24, 2.45) is 5.92 Å². The quantitative estimate of drug-likeness (QED) is 0.930. The van der Waals surface area contributed by atoms with E-state index in [2.05, 4.69) is 30.3 Å². The molecule has 1 saturated carbocycles. The highest BCUT2D eigenvalue weighted by Gasteiger charge is 2.47. The fourth-order valence-electron chi connectivity index (χ4n) is 3.86. The average Bonchev–Trinajstić information content (AvgIpc) is 3.41. The highest BCUT2D eigenvalue weighted by molar-refractivity contribution is 5.89. The third-order valence-electron chi connectivity index (χ3n) is 5.18. The number of fused-ring (bicyclic) bond motifs is 1. The Bertz CT molecular complexity index is 813. The molecule has 5 nitrogen and oxygen atoms in total. The first-order valence-corrected chi connectivity index (χ1v) is 8.73. The van der Waals surface area contributed by atoms with Crippen molar-refractivity contribution in [3.05, 3.63) is 48.0 Å². The Labute approximate surface area is 146 Å². The van der Waals surface area contributed by atoms with Crippen molar-refractivity contribution >= 4 is 22.6 Å². The Kier molecular flexibility index (Phi) is 4.17. The summed E-state index contributed by atoms with van der Waals surface area (Å²) in [6.07, 6.45) is 0.416. The maximum Gasteiger partial charge on any atom is 0.306 e. The molecule has 1 saturated heterocycles. The first-order chi connectivity index (χ1) is 12.1. The van der Waals surface area contributed by atoms with Gasteiger partial charge in [-0.3, -0.25) is 9.59 Å². The van der Waals surface area contributed by atoms with Gasteiger partial charge < -0.3 is 14.7 Å². The third kappa shape index (κ3) is 3.24. The summed E-state index contributed by atoms with van der Waals surface area (Å²) in [4.78, 5) is 25.5. The number of carbonyl (C=O) groups is 2. The maximum absolute atomic E-state index is 12.8. The van der Waals surface area contributed by atoms with Crippen LogP contribution in [0.25, 0.3) is 10.8 Å². The lowest BCUT2D eigenvalue weighted by molar-refractivity contribution is -0.148. The molecule has 0 bridgehead atoms. The second-order valence-electron chi connectivity index (χ2n) is 6.89. The minimum absolute atomic E-state index is 0.00869. The predicted molar refractivity (Wildman–Crippen MR) is 93.4 cm³/mol. The zero-order valence-electron chi connectivity index (χ0n) is 13.9. The monoisotopic (exact) mass is 339 g/mol.